The number of anilines is 1. The van der Waals surface area contributed by atoms with Gasteiger partial charge in [0.15, 0.2) is 0 Å². The SMILES string of the molecule is CC1C=CC2=C(C1)C1C=CC=CC1N2C1CC(C2C=CC=C(c3cccc(C#N)c3)N2)=CC(N2c3ccc(C#N)cc3C3CC(C#N)CCC32)N1. The van der Waals surface area contributed by atoms with E-state index in [0.717, 1.165) is 43.4 Å². The van der Waals surface area contributed by atoms with Gasteiger partial charge in [0.25, 0.3) is 0 Å². The van der Waals surface area contributed by atoms with E-state index in [4.69, 9.17) is 0 Å². The third kappa shape index (κ3) is 5.34. The lowest BCUT2D eigenvalue weighted by atomic mass is 9.77. The van der Waals surface area contributed by atoms with Crippen LogP contribution in [-0.2, 0) is 0 Å². The molecular weight excluding hydrogens is 627 g/mol. The van der Waals surface area contributed by atoms with Crippen LogP contribution in [-0.4, -0.2) is 35.4 Å². The van der Waals surface area contributed by atoms with Gasteiger partial charge < -0.3 is 15.1 Å². The molecule has 0 bridgehead atoms. The molecule has 3 aliphatic carbocycles. The van der Waals surface area contributed by atoms with Crippen LogP contribution in [0.4, 0.5) is 5.69 Å². The van der Waals surface area contributed by atoms with E-state index >= 15 is 0 Å². The molecule has 9 unspecified atom stereocenters. The molecule has 9 atom stereocenters. The molecule has 7 aliphatic rings. The predicted molar refractivity (Wildman–Crippen MR) is 199 cm³/mol. The Morgan fingerprint density at radius 3 is 2.59 bits per heavy atom. The molecule has 0 saturated heterocycles. The maximum absolute atomic E-state index is 9.95. The quantitative estimate of drug-likeness (QED) is 0.327. The Morgan fingerprint density at radius 2 is 1.73 bits per heavy atom. The van der Waals surface area contributed by atoms with Crippen LogP contribution in [0.1, 0.15) is 67.2 Å². The van der Waals surface area contributed by atoms with Crippen LogP contribution in [0.15, 0.2) is 120 Å². The minimum Gasteiger partial charge on any atom is -0.375 e. The Hall–Kier alpha value is -5.55. The van der Waals surface area contributed by atoms with Crippen molar-refractivity contribution < 1.29 is 0 Å². The highest BCUT2D eigenvalue weighted by Gasteiger charge is 2.48. The van der Waals surface area contributed by atoms with E-state index in [2.05, 4.69) is 125 Å². The number of dihydropyridines is 1. The van der Waals surface area contributed by atoms with Gasteiger partial charge in [-0.1, -0.05) is 61.6 Å². The Labute approximate surface area is 300 Å². The number of hydrogen-bond donors (Lipinski definition) is 2. The Bertz CT molecular complexity index is 2130. The molecule has 2 aromatic rings. The van der Waals surface area contributed by atoms with Crippen LogP contribution in [0, 0.1) is 51.7 Å². The molecule has 2 aromatic carbocycles. The second-order valence-corrected chi connectivity index (χ2v) is 15.1. The summed E-state index contributed by atoms with van der Waals surface area (Å²) in [6.45, 7) is 2.31. The Balaban J connectivity index is 1.12. The first kappa shape index (κ1) is 31.4. The van der Waals surface area contributed by atoms with E-state index in [1.807, 2.05) is 24.3 Å². The largest absolute Gasteiger partial charge is 0.375 e. The zero-order valence-corrected chi connectivity index (χ0v) is 28.8. The fourth-order valence-corrected chi connectivity index (χ4v) is 9.84. The first-order valence-electron chi connectivity index (χ1n) is 18.4. The van der Waals surface area contributed by atoms with Crippen LogP contribution in [0.25, 0.3) is 5.70 Å². The molecule has 4 aliphatic heterocycles. The van der Waals surface area contributed by atoms with Gasteiger partial charge in [-0.25, -0.2) is 0 Å². The molecule has 1 saturated carbocycles. The first-order valence-corrected chi connectivity index (χ1v) is 18.4. The summed E-state index contributed by atoms with van der Waals surface area (Å²) >= 11 is 0. The fraction of sp³-hybridized carbons (Fsp3) is 0.341. The second-order valence-electron chi connectivity index (χ2n) is 15.1. The summed E-state index contributed by atoms with van der Waals surface area (Å²) in [5, 5.41) is 37.4. The standard InChI is InChI=1S/C44H41N7/c1-27-12-15-40-34(18-27)33-8-2-3-11-39(33)50(40)43-22-32(38-10-5-9-37(48-38)31-7-4-6-28(19-31)24-45)23-44(49-43)51-41-16-13-29(25-46)20-35(41)36-21-30(26-47)14-17-42(36)51/h2-13,15-16,19-20,23,27,30,33,36,38-39,42-44,48-49H,14,17-18,21-22H2,1H3. The van der Waals surface area contributed by atoms with E-state index in [0.29, 0.717) is 23.0 Å². The molecule has 7 nitrogen and oxygen atoms in total. The van der Waals surface area contributed by atoms with E-state index in [1.165, 1.54) is 28.1 Å². The minimum atomic E-state index is -0.0942. The summed E-state index contributed by atoms with van der Waals surface area (Å²) in [5.41, 5.74) is 9.91. The smallest absolute Gasteiger partial charge is 0.101 e. The van der Waals surface area contributed by atoms with Gasteiger partial charge in [0.1, 0.15) is 6.17 Å². The molecule has 51 heavy (non-hydrogen) atoms. The average molecular weight is 668 g/mol. The number of rotatable bonds is 4. The van der Waals surface area contributed by atoms with Gasteiger partial charge in [0.05, 0.1) is 47.6 Å². The van der Waals surface area contributed by atoms with Crippen molar-refractivity contribution in [1.82, 2.24) is 15.5 Å². The normalized spacial score (nSPS) is 32.8. The molecule has 0 aromatic heterocycles. The summed E-state index contributed by atoms with van der Waals surface area (Å²) in [5.74, 6) is 1.12. The Kier molecular flexibility index (Phi) is 7.80. The van der Waals surface area contributed by atoms with Crippen LogP contribution < -0.4 is 15.5 Å². The number of nitrogens with one attached hydrogen (secondary N) is 2. The van der Waals surface area contributed by atoms with Crippen molar-refractivity contribution in [3.05, 3.63) is 142 Å². The summed E-state index contributed by atoms with van der Waals surface area (Å²) in [6, 6.07) is 21.6. The van der Waals surface area contributed by atoms with Crippen molar-refractivity contribution in [2.75, 3.05) is 4.90 Å². The molecule has 252 valence electrons. The van der Waals surface area contributed by atoms with Crippen molar-refractivity contribution in [3.63, 3.8) is 0 Å². The molecule has 2 N–H and O–H groups in total. The lowest BCUT2D eigenvalue weighted by Gasteiger charge is -2.47. The molecule has 0 amide bonds. The monoisotopic (exact) mass is 667 g/mol. The topological polar surface area (TPSA) is 102 Å². The van der Waals surface area contributed by atoms with E-state index < -0.39 is 0 Å². The van der Waals surface area contributed by atoms with Gasteiger partial charge in [-0.2, -0.15) is 15.8 Å². The van der Waals surface area contributed by atoms with Crippen LogP contribution in [0.3, 0.4) is 0 Å². The van der Waals surface area contributed by atoms with Gasteiger partial charge in [-0.15, -0.1) is 0 Å². The van der Waals surface area contributed by atoms with Crippen molar-refractivity contribution in [3.8, 4) is 18.2 Å². The summed E-state index contributed by atoms with van der Waals surface area (Å²) in [7, 11) is 0. The minimum absolute atomic E-state index is 0.0217. The molecule has 7 heteroatoms. The highest BCUT2D eigenvalue weighted by atomic mass is 15.4. The molecule has 1 fully saturated rings. The maximum Gasteiger partial charge on any atom is 0.101 e. The van der Waals surface area contributed by atoms with Gasteiger partial charge >= 0.3 is 0 Å². The molecule has 4 heterocycles. The molecule has 9 rings (SSSR count). The van der Waals surface area contributed by atoms with Crippen molar-refractivity contribution in [1.29, 1.82) is 15.8 Å². The van der Waals surface area contributed by atoms with Gasteiger partial charge in [0, 0.05) is 47.3 Å². The number of allylic oxidation sites excluding steroid dienone is 6. The van der Waals surface area contributed by atoms with Crippen molar-refractivity contribution in [2.24, 2.45) is 17.8 Å². The fourth-order valence-electron chi connectivity index (χ4n) is 9.84. The van der Waals surface area contributed by atoms with Crippen molar-refractivity contribution in [2.45, 2.75) is 75.4 Å². The Morgan fingerprint density at radius 1 is 0.863 bits per heavy atom. The number of benzene rings is 2. The van der Waals surface area contributed by atoms with E-state index in [9.17, 15) is 15.8 Å². The number of nitriles is 3. The van der Waals surface area contributed by atoms with Gasteiger partial charge in [0.2, 0.25) is 0 Å². The summed E-state index contributed by atoms with van der Waals surface area (Å²) in [6.07, 6.45) is 27.3. The highest BCUT2D eigenvalue weighted by molar-refractivity contribution is 5.70. The number of nitrogens with zero attached hydrogens (tertiary/aromatic N) is 5. The molecular formula is C44H41N7. The van der Waals surface area contributed by atoms with Crippen LogP contribution >= 0.6 is 0 Å². The van der Waals surface area contributed by atoms with E-state index in [-0.39, 0.29) is 42.3 Å². The molecule has 0 radical (unpaired) electrons. The maximum atomic E-state index is 9.95. The average Bonchev–Trinajstić information content (AvgIpc) is 3.69. The zero-order chi connectivity index (χ0) is 34.6. The van der Waals surface area contributed by atoms with Crippen LogP contribution in [0.5, 0.6) is 0 Å². The second kappa shape index (κ2) is 12.6. The van der Waals surface area contributed by atoms with E-state index in [1.54, 1.807) is 0 Å². The molecule has 0 spiro atoms. The first-order chi connectivity index (χ1) is 25.0. The summed E-state index contributed by atoms with van der Waals surface area (Å²) < 4.78 is 0. The third-order valence-corrected chi connectivity index (χ3v) is 12.1. The lowest BCUT2D eigenvalue weighted by Crippen LogP contribution is -2.61. The zero-order valence-electron chi connectivity index (χ0n) is 28.8. The number of fused-ring (bicyclic) bond motifs is 5. The predicted octanol–water partition coefficient (Wildman–Crippen LogP) is 7.44. The highest BCUT2D eigenvalue weighted by Crippen LogP contribution is 2.51. The van der Waals surface area contributed by atoms with Crippen molar-refractivity contribution >= 4 is 11.4 Å². The summed E-state index contributed by atoms with van der Waals surface area (Å²) in [4.78, 5) is 5.24. The lowest BCUT2D eigenvalue weighted by molar-refractivity contribution is 0.165. The van der Waals surface area contributed by atoms with Gasteiger partial charge in [-0.05, 0) is 102 Å². The third-order valence-electron chi connectivity index (χ3n) is 12.1. The number of hydrogen-bond acceptors (Lipinski definition) is 7. The van der Waals surface area contributed by atoms with Gasteiger partial charge in [-0.3, -0.25) is 5.32 Å². The van der Waals surface area contributed by atoms with Crippen LogP contribution in [0.2, 0.25) is 0 Å².